The molecule has 2 rings (SSSR count). The van der Waals surface area contributed by atoms with Crippen LogP contribution in [0.25, 0.3) is 0 Å². The summed E-state index contributed by atoms with van der Waals surface area (Å²) in [5, 5.41) is 4.72. The van der Waals surface area contributed by atoms with Crippen molar-refractivity contribution in [2.24, 2.45) is 0 Å². The Morgan fingerprint density at radius 1 is 1.42 bits per heavy atom. The van der Waals surface area contributed by atoms with Crippen molar-refractivity contribution in [3.05, 3.63) is 52.2 Å². The molecule has 3 nitrogen and oxygen atoms in total. The quantitative estimate of drug-likeness (QED) is 0.858. The largest absolute Gasteiger partial charge is 0.496 e. The van der Waals surface area contributed by atoms with E-state index in [1.807, 2.05) is 30.3 Å². The number of hydrogen-bond acceptors (Lipinski definition) is 3. The minimum Gasteiger partial charge on any atom is -0.496 e. The zero-order valence-electron chi connectivity index (χ0n) is 10.4. The topological polar surface area (TPSA) is 38.3 Å². The molecular weight excluding hydrogens is 282 g/mol. The summed E-state index contributed by atoms with van der Waals surface area (Å²) in [6, 6.07) is 11.2. The molecule has 0 radical (unpaired) electrons. The molecule has 1 amide bonds. The van der Waals surface area contributed by atoms with Crippen LogP contribution in [0.3, 0.4) is 0 Å². The van der Waals surface area contributed by atoms with Crippen LogP contribution in [-0.2, 0) is 0 Å². The minimum absolute atomic E-state index is 0.136. The monoisotopic (exact) mass is 295 g/mol. The predicted octanol–water partition coefficient (Wildman–Crippen LogP) is 3.47. The van der Waals surface area contributed by atoms with Crippen LogP contribution in [0.15, 0.2) is 41.8 Å². The molecule has 1 N–H and O–H groups in total. The second-order valence-electron chi connectivity index (χ2n) is 3.94. The van der Waals surface area contributed by atoms with Gasteiger partial charge in [-0.15, -0.1) is 22.9 Å². The molecule has 1 heterocycles. The van der Waals surface area contributed by atoms with E-state index in [0.717, 1.165) is 5.56 Å². The lowest BCUT2D eigenvalue weighted by molar-refractivity contribution is 0.0944. The van der Waals surface area contributed by atoms with E-state index >= 15 is 0 Å². The Morgan fingerprint density at radius 3 is 2.74 bits per heavy atom. The van der Waals surface area contributed by atoms with Crippen molar-refractivity contribution in [2.75, 3.05) is 13.0 Å². The molecule has 0 bridgehead atoms. The molecule has 0 aliphatic carbocycles. The summed E-state index contributed by atoms with van der Waals surface area (Å²) in [6.45, 7) is 0. The number of halogens is 1. The maximum atomic E-state index is 12.1. The van der Waals surface area contributed by atoms with Crippen LogP contribution < -0.4 is 10.1 Å². The number of hydrogen-bond donors (Lipinski definition) is 1. The third-order valence-electron chi connectivity index (χ3n) is 2.70. The van der Waals surface area contributed by atoms with Gasteiger partial charge in [-0.1, -0.05) is 30.3 Å². The van der Waals surface area contributed by atoms with Gasteiger partial charge in [0.15, 0.2) is 0 Å². The van der Waals surface area contributed by atoms with Crippen LogP contribution in [0.4, 0.5) is 0 Å². The van der Waals surface area contributed by atoms with Crippen molar-refractivity contribution in [3.63, 3.8) is 0 Å². The fraction of sp³-hybridized carbons (Fsp3) is 0.214. The second-order valence-corrected chi connectivity index (χ2v) is 5.16. The first-order valence-corrected chi connectivity index (χ1v) is 7.20. The molecule has 1 unspecified atom stereocenters. The number of ether oxygens (including phenoxy) is 1. The van der Waals surface area contributed by atoms with E-state index in [9.17, 15) is 4.79 Å². The average Bonchev–Trinajstić information content (AvgIpc) is 2.94. The summed E-state index contributed by atoms with van der Waals surface area (Å²) < 4.78 is 5.07. The normalized spacial score (nSPS) is 11.9. The maximum Gasteiger partial charge on any atom is 0.262 e. The number of nitrogens with one attached hydrogen (secondary N) is 1. The first-order valence-electron chi connectivity index (χ1n) is 5.79. The van der Waals surface area contributed by atoms with Gasteiger partial charge in [-0.25, -0.2) is 0 Å². The van der Waals surface area contributed by atoms with Gasteiger partial charge >= 0.3 is 0 Å². The SMILES string of the molecule is COc1csc(C(=O)NC(CCl)c2ccccc2)c1. The molecule has 0 aliphatic heterocycles. The number of carbonyl (C=O) groups excluding carboxylic acids is 1. The predicted molar refractivity (Wildman–Crippen MR) is 78.2 cm³/mol. The third-order valence-corrected chi connectivity index (χ3v) is 3.91. The Bertz CT molecular complexity index is 541. The van der Waals surface area contributed by atoms with E-state index in [1.165, 1.54) is 11.3 Å². The summed E-state index contributed by atoms with van der Waals surface area (Å²) in [6.07, 6.45) is 0. The van der Waals surface area contributed by atoms with E-state index in [1.54, 1.807) is 18.6 Å². The highest BCUT2D eigenvalue weighted by Crippen LogP contribution is 2.22. The number of benzene rings is 1. The van der Waals surface area contributed by atoms with Gasteiger partial charge in [0.25, 0.3) is 5.91 Å². The fourth-order valence-corrected chi connectivity index (χ4v) is 2.68. The Labute approximate surface area is 121 Å². The van der Waals surface area contributed by atoms with Crippen LogP contribution in [-0.4, -0.2) is 18.9 Å². The molecule has 0 fully saturated rings. The lowest BCUT2D eigenvalue weighted by atomic mass is 10.1. The summed E-state index contributed by atoms with van der Waals surface area (Å²) in [7, 11) is 1.58. The molecular formula is C14H14ClNO2S. The lowest BCUT2D eigenvalue weighted by Gasteiger charge is -2.15. The van der Waals surface area contributed by atoms with Crippen molar-refractivity contribution in [3.8, 4) is 5.75 Å². The van der Waals surface area contributed by atoms with Crippen LogP contribution in [0.2, 0.25) is 0 Å². The minimum atomic E-state index is -0.191. The van der Waals surface area contributed by atoms with Crippen LogP contribution in [0.1, 0.15) is 21.3 Å². The van der Waals surface area contributed by atoms with E-state index in [0.29, 0.717) is 16.5 Å². The molecule has 0 saturated heterocycles. The summed E-state index contributed by atoms with van der Waals surface area (Å²) in [5.74, 6) is 0.887. The molecule has 0 aliphatic rings. The maximum absolute atomic E-state index is 12.1. The van der Waals surface area contributed by atoms with Gasteiger partial charge in [0.2, 0.25) is 0 Å². The van der Waals surface area contributed by atoms with Gasteiger partial charge in [-0.2, -0.15) is 0 Å². The van der Waals surface area contributed by atoms with Crippen molar-refractivity contribution in [1.82, 2.24) is 5.32 Å². The van der Waals surface area contributed by atoms with Gasteiger partial charge in [0.1, 0.15) is 5.75 Å². The number of alkyl halides is 1. The highest BCUT2D eigenvalue weighted by molar-refractivity contribution is 7.12. The highest BCUT2D eigenvalue weighted by atomic mass is 35.5. The Balaban J connectivity index is 2.08. The van der Waals surface area contributed by atoms with E-state index in [-0.39, 0.29) is 11.9 Å². The Hall–Kier alpha value is -1.52. The van der Waals surface area contributed by atoms with Crippen molar-refractivity contribution < 1.29 is 9.53 Å². The van der Waals surface area contributed by atoms with Crippen molar-refractivity contribution in [1.29, 1.82) is 0 Å². The molecule has 1 aromatic carbocycles. The smallest absolute Gasteiger partial charge is 0.262 e. The zero-order chi connectivity index (χ0) is 13.7. The summed E-state index contributed by atoms with van der Waals surface area (Å²) in [5.41, 5.74) is 0.995. The average molecular weight is 296 g/mol. The third kappa shape index (κ3) is 3.49. The van der Waals surface area contributed by atoms with Crippen LogP contribution >= 0.6 is 22.9 Å². The van der Waals surface area contributed by atoms with Crippen molar-refractivity contribution in [2.45, 2.75) is 6.04 Å². The van der Waals surface area contributed by atoms with Gasteiger partial charge in [-0.3, -0.25) is 4.79 Å². The van der Waals surface area contributed by atoms with Crippen LogP contribution in [0.5, 0.6) is 5.75 Å². The molecule has 1 aromatic heterocycles. The molecule has 19 heavy (non-hydrogen) atoms. The number of rotatable bonds is 5. The Kier molecular flexibility index (Phi) is 4.82. The van der Waals surface area contributed by atoms with E-state index < -0.39 is 0 Å². The zero-order valence-corrected chi connectivity index (χ0v) is 12.0. The first kappa shape index (κ1) is 13.9. The van der Waals surface area contributed by atoms with Gasteiger partial charge in [0, 0.05) is 17.3 Å². The molecule has 2 aromatic rings. The second kappa shape index (κ2) is 6.59. The number of carbonyl (C=O) groups is 1. The Morgan fingerprint density at radius 2 is 2.16 bits per heavy atom. The number of methoxy groups -OCH3 is 1. The highest BCUT2D eigenvalue weighted by Gasteiger charge is 2.16. The molecule has 100 valence electrons. The van der Waals surface area contributed by atoms with Gasteiger partial charge in [0.05, 0.1) is 18.0 Å². The number of amides is 1. The summed E-state index contributed by atoms with van der Waals surface area (Å²) in [4.78, 5) is 12.7. The molecule has 5 heteroatoms. The lowest BCUT2D eigenvalue weighted by Crippen LogP contribution is -2.28. The first-order chi connectivity index (χ1) is 9.24. The van der Waals surface area contributed by atoms with Crippen LogP contribution in [0, 0.1) is 0 Å². The van der Waals surface area contributed by atoms with Gasteiger partial charge in [-0.05, 0) is 5.56 Å². The summed E-state index contributed by atoms with van der Waals surface area (Å²) >= 11 is 7.28. The van der Waals surface area contributed by atoms with Gasteiger partial charge < -0.3 is 10.1 Å². The fourth-order valence-electron chi connectivity index (χ4n) is 1.67. The van der Waals surface area contributed by atoms with E-state index in [4.69, 9.17) is 16.3 Å². The van der Waals surface area contributed by atoms with Crippen molar-refractivity contribution >= 4 is 28.8 Å². The molecule has 0 saturated carbocycles. The molecule has 0 spiro atoms. The standard InChI is InChI=1S/C14H14ClNO2S/c1-18-11-7-13(19-9-11)14(17)16-12(8-15)10-5-3-2-4-6-10/h2-7,9,12H,8H2,1H3,(H,16,17). The van der Waals surface area contributed by atoms with E-state index in [2.05, 4.69) is 5.32 Å². The molecule has 1 atom stereocenters. The number of thiophene rings is 1.